The van der Waals surface area contributed by atoms with Crippen molar-refractivity contribution in [2.45, 2.75) is 18.9 Å². The Bertz CT molecular complexity index is 1000. The molecule has 0 radical (unpaired) electrons. The van der Waals surface area contributed by atoms with Crippen LogP contribution in [0.5, 0.6) is 0 Å². The summed E-state index contributed by atoms with van der Waals surface area (Å²) in [6.07, 6.45) is 0.139. The molecule has 0 saturated heterocycles. The number of thiophene rings is 1. The summed E-state index contributed by atoms with van der Waals surface area (Å²) in [5.41, 5.74) is 12.2. The largest absolute Gasteiger partial charge is 0.397 e. The quantitative estimate of drug-likeness (QED) is 0.479. The lowest BCUT2D eigenvalue weighted by Gasteiger charge is -2.23. The van der Waals surface area contributed by atoms with Gasteiger partial charge in [-0.2, -0.15) is 0 Å². The van der Waals surface area contributed by atoms with E-state index in [4.69, 9.17) is 11.5 Å². The third kappa shape index (κ3) is 3.76. The fraction of sp³-hybridized carbons (Fsp3) is 0.143. The normalized spacial score (nSPS) is 12.9. The highest BCUT2D eigenvalue weighted by Crippen LogP contribution is 2.30. The Hall–Kier alpha value is -3.16. The predicted octanol–water partition coefficient (Wildman–Crippen LogP) is 3.33. The van der Waals surface area contributed by atoms with Crippen LogP contribution in [0.3, 0.4) is 0 Å². The predicted molar refractivity (Wildman–Crippen MR) is 112 cm³/mol. The molecule has 0 aliphatic carbocycles. The maximum Gasteiger partial charge on any atom is 0.255 e. The van der Waals surface area contributed by atoms with Crippen LogP contribution in [0.4, 0.5) is 11.4 Å². The van der Waals surface area contributed by atoms with E-state index in [-0.39, 0.29) is 12.3 Å². The van der Waals surface area contributed by atoms with Gasteiger partial charge in [-0.3, -0.25) is 9.59 Å². The molecule has 1 atom stereocenters. The highest BCUT2D eigenvalue weighted by molar-refractivity contribution is 7.13. The molecule has 2 aromatic carbocycles. The van der Waals surface area contributed by atoms with Crippen molar-refractivity contribution in [3.63, 3.8) is 0 Å². The van der Waals surface area contributed by atoms with Gasteiger partial charge in [-0.25, -0.2) is 0 Å². The molecule has 0 aliphatic rings. The Morgan fingerprint density at radius 3 is 2.43 bits per heavy atom. The average molecular weight is 395 g/mol. The molecule has 0 aliphatic heterocycles. The molecule has 6 nitrogen and oxygen atoms in total. The first-order valence-electron chi connectivity index (χ1n) is 8.72. The molecule has 3 rings (SSSR count). The maximum absolute atomic E-state index is 12.6. The number of carbonyl (C=O) groups excluding carboxylic acids is 2. The second-order valence-electron chi connectivity index (χ2n) is 6.39. The molecule has 1 aromatic heterocycles. The Morgan fingerprint density at radius 1 is 1.14 bits per heavy atom. The zero-order valence-electron chi connectivity index (χ0n) is 15.3. The molecule has 28 heavy (non-hydrogen) atoms. The summed E-state index contributed by atoms with van der Waals surface area (Å²) in [5.74, 6) is -1.17. The molecule has 0 saturated carbocycles. The Labute approximate surface area is 166 Å². The molecule has 3 aromatic rings. The lowest BCUT2D eigenvalue weighted by Crippen LogP contribution is -2.40. The van der Waals surface area contributed by atoms with Crippen LogP contribution in [0.1, 0.15) is 29.3 Å². The van der Waals surface area contributed by atoms with E-state index in [1.165, 1.54) is 24.3 Å². The van der Waals surface area contributed by atoms with Crippen LogP contribution >= 0.6 is 11.3 Å². The zero-order valence-corrected chi connectivity index (χ0v) is 16.1. The van der Waals surface area contributed by atoms with Crippen LogP contribution in [0.2, 0.25) is 0 Å². The van der Waals surface area contributed by atoms with Gasteiger partial charge in [0.05, 0.1) is 11.4 Å². The van der Waals surface area contributed by atoms with E-state index in [1.54, 1.807) is 24.3 Å². The SMILES string of the molecule is CCC(O)(C(N)=O)c1ccc(C(=O)Nc2cc(-c3cccs3)ccc2N)cc1. The summed E-state index contributed by atoms with van der Waals surface area (Å²) in [6, 6.07) is 15.6. The Kier molecular flexibility index (Phi) is 5.48. The number of hydrogen-bond acceptors (Lipinski definition) is 5. The van der Waals surface area contributed by atoms with E-state index in [0.717, 1.165) is 10.4 Å². The topological polar surface area (TPSA) is 118 Å². The lowest BCUT2D eigenvalue weighted by molar-refractivity contribution is -0.137. The monoisotopic (exact) mass is 395 g/mol. The van der Waals surface area contributed by atoms with Crippen molar-refractivity contribution >= 4 is 34.5 Å². The number of nitrogen functional groups attached to an aromatic ring is 1. The third-order valence-electron chi connectivity index (χ3n) is 4.65. The molecular weight excluding hydrogens is 374 g/mol. The van der Waals surface area contributed by atoms with Gasteiger partial charge in [-0.15, -0.1) is 11.3 Å². The summed E-state index contributed by atoms with van der Waals surface area (Å²) in [4.78, 5) is 25.2. The van der Waals surface area contributed by atoms with Crippen LogP contribution in [-0.4, -0.2) is 16.9 Å². The molecule has 0 spiro atoms. The number of aliphatic hydroxyl groups is 1. The smallest absolute Gasteiger partial charge is 0.255 e. The number of nitrogens with two attached hydrogens (primary N) is 2. The molecule has 1 heterocycles. The fourth-order valence-electron chi connectivity index (χ4n) is 2.87. The molecule has 0 bridgehead atoms. The van der Waals surface area contributed by atoms with E-state index >= 15 is 0 Å². The van der Waals surface area contributed by atoms with Crippen LogP contribution in [-0.2, 0) is 10.4 Å². The van der Waals surface area contributed by atoms with Crippen LogP contribution in [0.25, 0.3) is 10.4 Å². The van der Waals surface area contributed by atoms with Crippen molar-refractivity contribution in [1.82, 2.24) is 0 Å². The van der Waals surface area contributed by atoms with Crippen molar-refractivity contribution in [2.75, 3.05) is 11.1 Å². The number of rotatable bonds is 6. The number of hydrogen-bond donors (Lipinski definition) is 4. The second-order valence-corrected chi connectivity index (χ2v) is 7.34. The number of primary amides is 1. The minimum Gasteiger partial charge on any atom is -0.397 e. The van der Waals surface area contributed by atoms with E-state index < -0.39 is 11.5 Å². The van der Waals surface area contributed by atoms with Gasteiger partial charge in [0, 0.05) is 10.4 Å². The third-order valence-corrected chi connectivity index (χ3v) is 5.57. The van der Waals surface area contributed by atoms with Crippen molar-refractivity contribution in [3.8, 4) is 10.4 Å². The van der Waals surface area contributed by atoms with Crippen LogP contribution in [0, 0.1) is 0 Å². The van der Waals surface area contributed by atoms with Crippen molar-refractivity contribution < 1.29 is 14.7 Å². The summed E-state index contributed by atoms with van der Waals surface area (Å²) in [5, 5.41) is 15.2. The molecule has 0 fully saturated rings. The van der Waals surface area contributed by atoms with Gasteiger partial charge < -0.3 is 21.9 Å². The Morgan fingerprint density at radius 2 is 1.86 bits per heavy atom. The first kappa shape index (κ1) is 19.6. The maximum atomic E-state index is 12.6. The van der Waals surface area contributed by atoms with Crippen LogP contribution in [0.15, 0.2) is 60.0 Å². The molecule has 1 unspecified atom stereocenters. The Balaban J connectivity index is 1.82. The van der Waals surface area contributed by atoms with Crippen LogP contribution < -0.4 is 16.8 Å². The second kappa shape index (κ2) is 7.84. The van der Waals surface area contributed by atoms with Gasteiger partial charge in [-0.05, 0) is 53.3 Å². The number of anilines is 2. The summed E-state index contributed by atoms with van der Waals surface area (Å²) < 4.78 is 0. The molecule has 2 amide bonds. The van der Waals surface area contributed by atoms with Gasteiger partial charge in [0.25, 0.3) is 11.8 Å². The fourth-order valence-corrected chi connectivity index (χ4v) is 3.60. The standard InChI is InChI=1S/C21H21N3O3S/c1-2-21(27,20(23)26)15-8-5-13(6-9-15)19(25)24-17-12-14(7-10-16(17)22)18-4-3-11-28-18/h3-12,27H,2,22H2,1H3,(H2,23,26)(H,24,25). The molecule has 7 heteroatoms. The molecule has 6 N–H and O–H groups in total. The molecular formula is C21H21N3O3S. The van der Waals surface area contributed by atoms with E-state index in [9.17, 15) is 14.7 Å². The zero-order chi connectivity index (χ0) is 20.3. The van der Waals surface area contributed by atoms with Gasteiger partial charge in [0.15, 0.2) is 5.60 Å². The number of amides is 2. The highest BCUT2D eigenvalue weighted by atomic mass is 32.1. The van der Waals surface area contributed by atoms with E-state index in [0.29, 0.717) is 22.5 Å². The first-order valence-corrected chi connectivity index (χ1v) is 9.60. The van der Waals surface area contributed by atoms with E-state index in [2.05, 4.69) is 5.32 Å². The minimum absolute atomic E-state index is 0.139. The van der Waals surface area contributed by atoms with Crippen molar-refractivity contribution in [1.29, 1.82) is 0 Å². The summed E-state index contributed by atoms with van der Waals surface area (Å²) in [6.45, 7) is 1.66. The van der Waals surface area contributed by atoms with Crippen molar-refractivity contribution in [3.05, 3.63) is 71.1 Å². The lowest BCUT2D eigenvalue weighted by atomic mass is 9.90. The van der Waals surface area contributed by atoms with Crippen molar-refractivity contribution in [2.24, 2.45) is 5.73 Å². The molecule has 144 valence electrons. The number of carbonyl (C=O) groups is 2. The number of benzene rings is 2. The van der Waals surface area contributed by atoms with Gasteiger partial charge in [-0.1, -0.05) is 31.2 Å². The average Bonchev–Trinajstić information content (AvgIpc) is 3.23. The highest BCUT2D eigenvalue weighted by Gasteiger charge is 2.33. The summed E-state index contributed by atoms with van der Waals surface area (Å²) in [7, 11) is 0. The summed E-state index contributed by atoms with van der Waals surface area (Å²) >= 11 is 1.60. The number of nitrogens with one attached hydrogen (secondary N) is 1. The van der Waals surface area contributed by atoms with Gasteiger partial charge in [0.1, 0.15) is 0 Å². The van der Waals surface area contributed by atoms with Gasteiger partial charge >= 0.3 is 0 Å². The van der Waals surface area contributed by atoms with Gasteiger partial charge in [0.2, 0.25) is 0 Å². The van der Waals surface area contributed by atoms with E-state index in [1.807, 2.05) is 29.6 Å². The minimum atomic E-state index is -1.76. The first-order chi connectivity index (χ1) is 13.3.